The zero-order valence-corrected chi connectivity index (χ0v) is 4.78. The summed E-state index contributed by atoms with van der Waals surface area (Å²) in [6, 6.07) is 0. The summed E-state index contributed by atoms with van der Waals surface area (Å²) in [6.07, 6.45) is 5.05. The lowest BCUT2D eigenvalue weighted by Crippen LogP contribution is -1.50. The summed E-state index contributed by atoms with van der Waals surface area (Å²) in [7, 11) is 0. The topological polar surface area (TPSA) is 0 Å². The predicted octanol–water partition coefficient (Wildman–Crippen LogP) is 2.48. The summed E-state index contributed by atoms with van der Waals surface area (Å²) in [6.45, 7) is 6.87. The van der Waals surface area contributed by atoms with Crippen LogP contribution in [0.3, 0.4) is 0 Å². The molecule has 1 heteroatoms. The van der Waals surface area contributed by atoms with E-state index in [-0.39, 0.29) is 0 Å². The molecule has 0 aliphatic carbocycles. The molecule has 0 bridgehead atoms. The molecule has 0 nitrogen and oxygen atoms in total. The number of halogens is 1. The summed E-state index contributed by atoms with van der Waals surface area (Å²) in [4.78, 5) is 0. The van der Waals surface area contributed by atoms with E-state index in [0.717, 1.165) is 0 Å². The number of rotatable bonds is 2. The standard InChI is InChI=1S/C6H7Cl/c1-3-4-5-6(2)7/h3-5H,1-2H2/b5-4-. The van der Waals surface area contributed by atoms with Gasteiger partial charge in [-0.05, 0) is 6.08 Å². The van der Waals surface area contributed by atoms with E-state index in [1.807, 2.05) is 0 Å². The first-order chi connectivity index (χ1) is 3.27. The highest BCUT2D eigenvalue weighted by Gasteiger charge is 1.68. The van der Waals surface area contributed by atoms with Crippen LogP contribution in [0.15, 0.2) is 36.4 Å². The first-order valence-corrected chi connectivity index (χ1v) is 2.28. The second kappa shape index (κ2) is 3.69. The van der Waals surface area contributed by atoms with Crippen molar-refractivity contribution < 1.29 is 0 Å². The summed E-state index contributed by atoms with van der Waals surface area (Å²) in [5, 5.41) is 0.528. The van der Waals surface area contributed by atoms with E-state index < -0.39 is 0 Å². The van der Waals surface area contributed by atoms with Gasteiger partial charge in [-0.3, -0.25) is 0 Å². The van der Waals surface area contributed by atoms with E-state index in [4.69, 9.17) is 11.6 Å². The molecule has 0 N–H and O–H groups in total. The van der Waals surface area contributed by atoms with Crippen LogP contribution < -0.4 is 0 Å². The Morgan fingerprint density at radius 2 is 2.14 bits per heavy atom. The van der Waals surface area contributed by atoms with Gasteiger partial charge in [-0.15, -0.1) is 0 Å². The van der Waals surface area contributed by atoms with Gasteiger partial charge >= 0.3 is 0 Å². The maximum atomic E-state index is 5.33. The third kappa shape index (κ3) is 5.51. The minimum absolute atomic E-state index is 0.528. The Labute approximate surface area is 48.8 Å². The summed E-state index contributed by atoms with van der Waals surface area (Å²) < 4.78 is 0. The number of allylic oxidation sites excluding steroid dienone is 4. The van der Waals surface area contributed by atoms with Crippen LogP contribution in [0.2, 0.25) is 0 Å². The van der Waals surface area contributed by atoms with Crippen LogP contribution >= 0.6 is 11.6 Å². The van der Waals surface area contributed by atoms with E-state index in [2.05, 4.69) is 13.2 Å². The van der Waals surface area contributed by atoms with Gasteiger partial charge in [0, 0.05) is 5.03 Å². The third-order valence-electron chi connectivity index (χ3n) is 0.413. The molecular weight excluding hydrogens is 108 g/mol. The van der Waals surface area contributed by atoms with Crippen molar-refractivity contribution in [2.24, 2.45) is 0 Å². The predicted molar refractivity (Wildman–Crippen MR) is 34.3 cm³/mol. The molecule has 0 saturated heterocycles. The molecule has 0 atom stereocenters. The molecule has 0 aliphatic rings. The molecule has 0 aliphatic heterocycles. The molecule has 0 spiro atoms. The Hall–Kier alpha value is -0.490. The first-order valence-electron chi connectivity index (χ1n) is 1.91. The Kier molecular flexibility index (Phi) is 3.43. The van der Waals surface area contributed by atoms with Gasteiger partial charge in [0.15, 0.2) is 0 Å². The van der Waals surface area contributed by atoms with Gasteiger partial charge < -0.3 is 0 Å². The van der Waals surface area contributed by atoms with Crippen molar-refractivity contribution in [1.29, 1.82) is 0 Å². The lowest BCUT2D eigenvalue weighted by molar-refractivity contribution is 1.92. The van der Waals surface area contributed by atoms with Crippen LogP contribution in [0.5, 0.6) is 0 Å². The number of hydrogen-bond donors (Lipinski definition) is 0. The SMILES string of the molecule is C=C/C=C\C(=C)Cl. The van der Waals surface area contributed by atoms with Gasteiger partial charge in [-0.2, -0.15) is 0 Å². The van der Waals surface area contributed by atoms with Gasteiger partial charge in [0.25, 0.3) is 0 Å². The third-order valence-corrected chi connectivity index (χ3v) is 0.539. The molecule has 0 unspecified atom stereocenters. The average molecular weight is 115 g/mol. The summed E-state index contributed by atoms with van der Waals surface area (Å²) in [5.74, 6) is 0. The van der Waals surface area contributed by atoms with Crippen molar-refractivity contribution in [2.75, 3.05) is 0 Å². The van der Waals surface area contributed by atoms with Crippen molar-refractivity contribution in [3.63, 3.8) is 0 Å². The van der Waals surface area contributed by atoms with Gasteiger partial charge in [0.05, 0.1) is 0 Å². The molecule has 0 radical (unpaired) electrons. The maximum Gasteiger partial charge on any atom is 0.0334 e. The molecule has 0 heterocycles. The van der Waals surface area contributed by atoms with Crippen LogP contribution in [0, 0.1) is 0 Å². The van der Waals surface area contributed by atoms with Gasteiger partial charge in [-0.1, -0.05) is 36.9 Å². The van der Waals surface area contributed by atoms with Crippen molar-refractivity contribution in [3.05, 3.63) is 36.4 Å². The van der Waals surface area contributed by atoms with E-state index in [9.17, 15) is 0 Å². The van der Waals surface area contributed by atoms with Crippen LogP contribution in [0.25, 0.3) is 0 Å². The minimum atomic E-state index is 0.528. The highest BCUT2D eigenvalue weighted by molar-refractivity contribution is 6.30. The Morgan fingerprint density at radius 3 is 2.29 bits per heavy atom. The number of hydrogen-bond acceptors (Lipinski definition) is 0. The largest absolute Gasteiger partial charge is 0.0991 e. The highest BCUT2D eigenvalue weighted by Crippen LogP contribution is 1.96. The first kappa shape index (κ1) is 6.51. The van der Waals surface area contributed by atoms with Crippen molar-refractivity contribution in [1.82, 2.24) is 0 Å². The fourth-order valence-corrected chi connectivity index (χ4v) is 0.245. The summed E-state index contributed by atoms with van der Waals surface area (Å²) in [5.41, 5.74) is 0. The van der Waals surface area contributed by atoms with Crippen molar-refractivity contribution >= 4 is 11.6 Å². The Morgan fingerprint density at radius 1 is 1.57 bits per heavy atom. The van der Waals surface area contributed by atoms with Crippen LogP contribution in [0.4, 0.5) is 0 Å². The second-order valence-corrected chi connectivity index (χ2v) is 1.53. The van der Waals surface area contributed by atoms with Gasteiger partial charge in [-0.25, -0.2) is 0 Å². The van der Waals surface area contributed by atoms with Gasteiger partial charge in [0.2, 0.25) is 0 Å². The van der Waals surface area contributed by atoms with E-state index in [1.165, 1.54) is 0 Å². The average Bonchev–Trinajstić information content (AvgIpc) is 1.61. The molecule has 0 saturated carbocycles. The normalized spacial score (nSPS) is 9.29. The second-order valence-electron chi connectivity index (χ2n) is 1.04. The zero-order valence-electron chi connectivity index (χ0n) is 4.02. The summed E-state index contributed by atoms with van der Waals surface area (Å²) >= 11 is 5.33. The Bertz CT molecular complexity index is 101. The fourth-order valence-electron chi connectivity index (χ4n) is 0.172. The fraction of sp³-hybridized carbons (Fsp3) is 0. The van der Waals surface area contributed by atoms with Gasteiger partial charge in [0.1, 0.15) is 0 Å². The van der Waals surface area contributed by atoms with Crippen molar-refractivity contribution in [2.45, 2.75) is 0 Å². The molecule has 0 fully saturated rings. The lowest BCUT2D eigenvalue weighted by atomic mass is 10.5. The molecule has 38 valence electrons. The zero-order chi connectivity index (χ0) is 5.70. The smallest absolute Gasteiger partial charge is 0.0334 e. The molecule has 0 aromatic carbocycles. The quantitative estimate of drug-likeness (QED) is 0.484. The van der Waals surface area contributed by atoms with E-state index in [1.54, 1.807) is 18.2 Å². The highest BCUT2D eigenvalue weighted by atomic mass is 35.5. The molecular formula is C6H7Cl. The van der Waals surface area contributed by atoms with Crippen molar-refractivity contribution in [3.8, 4) is 0 Å². The van der Waals surface area contributed by atoms with E-state index in [0.29, 0.717) is 5.03 Å². The van der Waals surface area contributed by atoms with Crippen LogP contribution in [-0.4, -0.2) is 0 Å². The van der Waals surface area contributed by atoms with E-state index >= 15 is 0 Å². The molecule has 7 heavy (non-hydrogen) atoms. The molecule has 0 rings (SSSR count). The van der Waals surface area contributed by atoms with Crippen LogP contribution in [-0.2, 0) is 0 Å². The molecule has 0 aromatic heterocycles. The lowest BCUT2D eigenvalue weighted by Gasteiger charge is -1.74. The minimum Gasteiger partial charge on any atom is -0.0991 e. The Balaban J connectivity index is 3.46. The van der Waals surface area contributed by atoms with Crippen LogP contribution in [0.1, 0.15) is 0 Å². The maximum absolute atomic E-state index is 5.33. The molecule has 0 aromatic rings. The molecule has 0 amide bonds. The monoisotopic (exact) mass is 114 g/mol.